The highest BCUT2D eigenvalue weighted by Crippen LogP contribution is 2.31. The molecule has 0 saturated carbocycles. The SMILES string of the molecule is CC(C)(C)CC1CN=C(NC(C)(C)C)S1. The zero-order chi connectivity index (χ0) is 11.7. The van der Waals surface area contributed by atoms with Crippen LogP contribution in [0.4, 0.5) is 0 Å². The first-order valence-electron chi connectivity index (χ1n) is 5.65. The monoisotopic (exact) mass is 228 g/mol. The molecule has 1 N–H and O–H groups in total. The lowest BCUT2D eigenvalue weighted by Crippen LogP contribution is -2.38. The van der Waals surface area contributed by atoms with Gasteiger partial charge in [0.25, 0.3) is 0 Å². The van der Waals surface area contributed by atoms with Crippen LogP contribution in [0.5, 0.6) is 0 Å². The minimum absolute atomic E-state index is 0.127. The Morgan fingerprint density at radius 1 is 1.27 bits per heavy atom. The van der Waals surface area contributed by atoms with Crippen LogP contribution in [-0.2, 0) is 0 Å². The Kier molecular flexibility index (Phi) is 3.75. The van der Waals surface area contributed by atoms with Crippen molar-refractivity contribution in [1.29, 1.82) is 0 Å². The quantitative estimate of drug-likeness (QED) is 0.745. The Hall–Kier alpha value is -0.180. The minimum Gasteiger partial charge on any atom is -0.360 e. The van der Waals surface area contributed by atoms with E-state index >= 15 is 0 Å². The van der Waals surface area contributed by atoms with E-state index in [-0.39, 0.29) is 5.54 Å². The van der Waals surface area contributed by atoms with Crippen LogP contribution < -0.4 is 5.32 Å². The number of nitrogens with one attached hydrogen (secondary N) is 1. The number of hydrogen-bond acceptors (Lipinski definition) is 3. The van der Waals surface area contributed by atoms with Crippen molar-refractivity contribution < 1.29 is 0 Å². The fourth-order valence-corrected chi connectivity index (χ4v) is 3.16. The van der Waals surface area contributed by atoms with Gasteiger partial charge in [0.1, 0.15) is 0 Å². The third kappa shape index (κ3) is 5.45. The molecule has 0 saturated heterocycles. The third-order valence-corrected chi connectivity index (χ3v) is 3.14. The summed E-state index contributed by atoms with van der Waals surface area (Å²) in [6.45, 7) is 14.4. The molecule has 0 spiro atoms. The van der Waals surface area contributed by atoms with Crippen molar-refractivity contribution >= 4 is 16.9 Å². The Morgan fingerprint density at radius 3 is 2.33 bits per heavy atom. The van der Waals surface area contributed by atoms with E-state index in [1.54, 1.807) is 0 Å². The molecule has 1 atom stereocenters. The lowest BCUT2D eigenvalue weighted by Gasteiger charge is -2.24. The molecule has 0 aliphatic carbocycles. The van der Waals surface area contributed by atoms with Gasteiger partial charge in [0.05, 0.1) is 6.54 Å². The van der Waals surface area contributed by atoms with E-state index in [0.29, 0.717) is 10.7 Å². The minimum atomic E-state index is 0.127. The first-order chi connectivity index (χ1) is 6.66. The molecule has 0 bridgehead atoms. The van der Waals surface area contributed by atoms with Crippen molar-refractivity contribution in [3.05, 3.63) is 0 Å². The molecule has 0 aromatic carbocycles. The largest absolute Gasteiger partial charge is 0.360 e. The predicted octanol–water partition coefficient (Wildman–Crippen LogP) is 3.28. The lowest BCUT2D eigenvalue weighted by atomic mass is 9.90. The summed E-state index contributed by atoms with van der Waals surface area (Å²) in [5.41, 5.74) is 0.535. The number of rotatable bonds is 1. The summed E-state index contributed by atoms with van der Waals surface area (Å²) in [7, 11) is 0. The molecule has 1 rings (SSSR count). The van der Waals surface area contributed by atoms with Crippen LogP contribution in [0.1, 0.15) is 48.0 Å². The van der Waals surface area contributed by atoms with E-state index in [2.05, 4.69) is 51.9 Å². The Morgan fingerprint density at radius 2 is 1.87 bits per heavy atom. The smallest absolute Gasteiger partial charge is 0.157 e. The van der Waals surface area contributed by atoms with Gasteiger partial charge >= 0.3 is 0 Å². The molecule has 1 heterocycles. The molecule has 2 nitrogen and oxygen atoms in total. The highest BCUT2D eigenvalue weighted by Gasteiger charge is 2.26. The average Bonchev–Trinajstić information content (AvgIpc) is 2.28. The molecular weight excluding hydrogens is 204 g/mol. The van der Waals surface area contributed by atoms with Gasteiger partial charge in [0.15, 0.2) is 5.17 Å². The zero-order valence-corrected chi connectivity index (χ0v) is 11.7. The predicted molar refractivity (Wildman–Crippen MR) is 70.6 cm³/mol. The summed E-state index contributed by atoms with van der Waals surface area (Å²) >= 11 is 1.90. The maximum atomic E-state index is 4.56. The van der Waals surface area contributed by atoms with Crippen molar-refractivity contribution in [3.63, 3.8) is 0 Å². The van der Waals surface area contributed by atoms with Gasteiger partial charge in [-0.2, -0.15) is 0 Å². The van der Waals surface area contributed by atoms with Crippen LogP contribution >= 0.6 is 11.8 Å². The van der Waals surface area contributed by atoms with Crippen LogP contribution in [0, 0.1) is 5.41 Å². The van der Waals surface area contributed by atoms with Crippen LogP contribution in [0.25, 0.3) is 0 Å². The second kappa shape index (κ2) is 4.36. The van der Waals surface area contributed by atoms with Crippen LogP contribution in [0.15, 0.2) is 4.99 Å². The number of amidine groups is 1. The fourth-order valence-electron chi connectivity index (χ4n) is 1.60. The van der Waals surface area contributed by atoms with Crippen LogP contribution in [0.2, 0.25) is 0 Å². The van der Waals surface area contributed by atoms with E-state index in [1.807, 2.05) is 11.8 Å². The van der Waals surface area contributed by atoms with E-state index < -0.39 is 0 Å². The average molecular weight is 228 g/mol. The molecule has 0 fully saturated rings. The molecule has 15 heavy (non-hydrogen) atoms. The van der Waals surface area contributed by atoms with Gasteiger partial charge in [-0.1, -0.05) is 32.5 Å². The molecule has 1 aliphatic heterocycles. The summed E-state index contributed by atoms with van der Waals surface area (Å²) in [6, 6.07) is 0. The van der Waals surface area contributed by atoms with E-state index in [1.165, 1.54) is 6.42 Å². The maximum absolute atomic E-state index is 4.56. The Bertz CT molecular complexity index is 245. The fraction of sp³-hybridized carbons (Fsp3) is 0.917. The topological polar surface area (TPSA) is 24.4 Å². The summed E-state index contributed by atoms with van der Waals surface area (Å²) in [5, 5.41) is 5.23. The highest BCUT2D eigenvalue weighted by molar-refractivity contribution is 8.14. The zero-order valence-electron chi connectivity index (χ0n) is 10.8. The lowest BCUT2D eigenvalue weighted by molar-refractivity contribution is 0.375. The molecule has 1 unspecified atom stereocenters. The van der Waals surface area contributed by atoms with E-state index in [9.17, 15) is 0 Å². The molecule has 0 aromatic heterocycles. The van der Waals surface area contributed by atoms with Crippen molar-refractivity contribution in [2.45, 2.75) is 58.8 Å². The van der Waals surface area contributed by atoms with E-state index in [4.69, 9.17) is 0 Å². The molecular formula is C12H24N2S. The normalized spacial score (nSPS) is 22.8. The number of nitrogens with zero attached hydrogens (tertiary/aromatic N) is 1. The van der Waals surface area contributed by atoms with Crippen molar-refractivity contribution in [2.75, 3.05) is 6.54 Å². The van der Waals surface area contributed by atoms with Gasteiger partial charge in [-0.25, -0.2) is 0 Å². The Labute approximate surface area is 98.3 Å². The maximum Gasteiger partial charge on any atom is 0.157 e. The summed E-state index contributed by atoms with van der Waals surface area (Å²) < 4.78 is 0. The van der Waals surface area contributed by atoms with Gasteiger partial charge in [0.2, 0.25) is 0 Å². The highest BCUT2D eigenvalue weighted by atomic mass is 32.2. The van der Waals surface area contributed by atoms with Crippen molar-refractivity contribution in [2.24, 2.45) is 10.4 Å². The standard InChI is InChI=1S/C12H24N2S/c1-11(2,3)7-9-8-13-10(15-9)14-12(4,5)6/h9H,7-8H2,1-6H3,(H,13,14). The summed E-state index contributed by atoms with van der Waals surface area (Å²) in [5.74, 6) is 0. The number of thioether (sulfide) groups is 1. The van der Waals surface area contributed by atoms with Crippen LogP contribution in [0.3, 0.4) is 0 Å². The van der Waals surface area contributed by atoms with Crippen molar-refractivity contribution in [1.82, 2.24) is 5.32 Å². The van der Waals surface area contributed by atoms with Gasteiger partial charge in [-0.05, 0) is 32.6 Å². The molecule has 0 aromatic rings. The molecule has 88 valence electrons. The van der Waals surface area contributed by atoms with Gasteiger partial charge in [-0.3, -0.25) is 4.99 Å². The van der Waals surface area contributed by atoms with Gasteiger partial charge < -0.3 is 5.32 Å². The number of aliphatic imine (C=N–C) groups is 1. The van der Waals surface area contributed by atoms with Crippen molar-refractivity contribution in [3.8, 4) is 0 Å². The molecule has 1 aliphatic rings. The molecule has 0 radical (unpaired) electrons. The Balaban J connectivity index is 2.38. The second-order valence-corrected chi connectivity index (χ2v) is 7.81. The van der Waals surface area contributed by atoms with Gasteiger partial charge in [-0.15, -0.1) is 0 Å². The third-order valence-electron chi connectivity index (χ3n) is 2.04. The number of hydrogen-bond donors (Lipinski definition) is 1. The van der Waals surface area contributed by atoms with Crippen LogP contribution in [-0.4, -0.2) is 22.5 Å². The van der Waals surface area contributed by atoms with E-state index in [0.717, 1.165) is 11.7 Å². The summed E-state index contributed by atoms with van der Waals surface area (Å²) in [4.78, 5) is 4.56. The molecule has 0 amide bonds. The first kappa shape index (κ1) is 12.9. The summed E-state index contributed by atoms with van der Waals surface area (Å²) in [6.07, 6.45) is 1.23. The van der Waals surface area contributed by atoms with Gasteiger partial charge in [0, 0.05) is 10.8 Å². The molecule has 3 heteroatoms. The second-order valence-electron chi connectivity index (χ2n) is 6.53. The first-order valence-corrected chi connectivity index (χ1v) is 6.53.